The summed E-state index contributed by atoms with van der Waals surface area (Å²) in [6.07, 6.45) is 2.49. The van der Waals surface area contributed by atoms with Crippen LogP contribution in [0.15, 0.2) is 11.1 Å². The van der Waals surface area contributed by atoms with Crippen LogP contribution in [0, 0.1) is 0 Å². The summed E-state index contributed by atoms with van der Waals surface area (Å²) < 4.78 is 1.75. The standard InChI is InChI=1S/C13H22N4O/c1-3-16(4-2)7-8-17-10-15-12-9-14-6-5-11(12)13(17)18/h10,14H,3-9H2,1-2H3. The minimum atomic E-state index is 0.147. The monoisotopic (exact) mass is 250 g/mol. The summed E-state index contributed by atoms with van der Waals surface area (Å²) >= 11 is 0. The lowest BCUT2D eigenvalue weighted by molar-refractivity contribution is 0.288. The minimum absolute atomic E-state index is 0.147. The molecule has 0 spiro atoms. The van der Waals surface area contributed by atoms with E-state index < -0.39 is 0 Å². The molecule has 0 aliphatic carbocycles. The highest BCUT2D eigenvalue weighted by Crippen LogP contribution is 2.05. The van der Waals surface area contributed by atoms with Crippen molar-refractivity contribution in [3.8, 4) is 0 Å². The van der Waals surface area contributed by atoms with Crippen LogP contribution in [0.4, 0.5) is 0 Å². The molecule has 2 heterocycles. The molecule has 1 aromatic heterocycles. The second kappa shape index (κ2) is 6.11. The van der Waals surface area contributed by atoms with Gasteiger partial charge >= 0.3 is 0 Å². The van der Waals surface area contributed by atoms with Crippen LogP contribution < -0.4 is 10.9 Å². The van der Waals surface area contributed by atoms with Crippen molar-refractivity contribution in [1.29, 1.82) is 0 Å². The third kappa shape index (κ3) is 2.79. The van der Waals surface area contributed by atoms with Crippen molar-refractivity contribution in [2.75, 3.05) is 26.2 Å². The number of hydrogen-bond acceptors (Lipinski definition) is 4. The van der Waals surface area contributed by atoms with Gasteiger partial charge in [0, 0.05) is 25.2 Å². The zero-order valence-corrected chi connectivity index (χ0v) is 11.3. The smallest absolute Gasteiger partial charge is 0.256 e. The molecule has 1 N–H and O–H groups in total. The zero-order chi connectivity index (χ0) is 13.0. The summed E-state index contributed by atoms with van der Waals surface area (Å²) in [5, 5.41) is 3.24. The molecule has 1 aliphatic heterocycles. The molecule has 0 aromatic carbocycles. The summed E-state index contributed by atoms with van der Waals surface area (Å²) in [7, 11) is 0. The molecule has 5 heteroatoms. The van der Waals surface area contributed by atoms with Crippen molar-refractivity contribution in [3.63, 3.8) is 0 Å². The van der Waals surface area contributed by atoms with Gasteiger partial charge in [0.05, 0.1) is 12.0 Å². The molecule has 1 aromatic rings. The lowest BCUT2D eigenvalue weighted by Gasteiger charge is -2.20. The van der Waals surface area contributed by atoms with Crippen LogP contribution in [0.2, 0.25) is 0 Å². The summed E-state index contributed by atoms with van der Waals surface area (Å²) in [5.74, 6) is 0. The molecule has 5 nitrogen and oxygen atoms in total. The number of nitrogens with zero attached hydrogens (tertiary/aromatic N) is 3. The van der Waals surface area contributed by atoms with Crippen LogP contribution >= 0.6 is 0 Å². The van der Waals surface area contributed by atoms with Crippen molar-refractivity contribution >= 4 is 0 Å². The Labute approximate surface area is 108 Å². The van der Waals surface area contributed by atoms with E-state index in [1.165, 1.54) is 0 Å². The van der Waals surface area contributed by atoms with Crippen molar-refractivity contribution in [2.24, 2.45) is 0 Å². The first kappa shape index (κ1) is 13.2. The molecule has 0 saturated heterocycles. The van der Waals surface area contributed by atoms with Gasteiger partial charge in [-0.2, -0.15) is 0 Å². The van der Waals surface area contributed by atoms with Gasteiger partial charge in [0.15, 0.2) is 0 Å². The number of fused-ring (bicyclic) bond motifs is 1. The van der Waals surface area contributed by atoms with E-state index in [2.05, 4.69) is 29.0 Å². The highest BCUT2D eigenvalue weighted by Gasteiger charge is 2.15. The highest BCUT2D eigenvalue weighted by atomic mass is 16.1. The Morgan fingerprint density at radius 2 is 2.22 bits per heavy atom. The van der Waals surface area contributed by atoms with Crippen molar-refractivity contribution in [1.82, 2.24) is 19.8 Å². The van der Waals surface area contributed by atoms with Gasteiger partial charge in [0.1, 0.15) is 0 Å². The third-order valence-electron chi connectivity index (χ3n) is 3.62. The molecule has 100 valence electrons. The summed E-state index contributed by atoms with van der Waals surface area (Å²) in [6.45, 7) is 9.57. The lowest BCUT2D eigenvalue weighted by atomic mass is 10.1. The normalized spacial score (nSPS) is 14.8. The van der Waals surface area contributed by atoms with E-state index in [-0.39, 0.29) is 5.56 Å². The Hall–Kier alpha value is -1.20. The van der Waals surface area contributed by atoms with E-state index >= 15 is 0 Å². The quantitative estimate of drug-likeness (QED) is 0.813. The largest absolute Gasteiger partial charge is 0.311 e. The Balaban J connectivity index is 2.12. The molecule has 0 bridgehead atoms. The van der Waals surface area contributed by atoms with Crippen molar-refractivity contribution in [2.45, 2.75) is 33.4 Å². The first-order valence-electron chi connectivity index (χ1n) is 6.76. The van der Waals surface area contributed by atoms with Crippen LogP contribution in [-0.4, -0.2) is 40.6 Å². The molecule has 0 amide bonds. The maximum atomic E-state index is 12.3. The predicted octanol–water partition coefficient (Wildman–Crippen LogP) is 0.231. The minimum Gasteiger partial charge on any atom is -0.311 e. The molecule has 0 atom stereocenters. The number of likely N-dealkylation sites (N-methyl/N-ethyl adjacent to an activating group) is 1. The van der Waals surface area contributed by atoms with Crippen molar-refractivity contribution in [3.05, 3.63) is 27.9 Å². The average molecular weight is 250 g/mol. The molecule has 0 radical (unpaired) electrons. The van der Waals surface area contributed by atoms with E-state index in [0.717, 1.165) is 56.9 Å². The molecule has 0 saturated carbocycles. The molecule has 1 aliphatic rings. The van der Waals surface area contributed by atoms with Gasteiger partial charge in [-0.25, -0.2) is 4.98 Å². The van der Waals surface area contributed by atoms with Gasteiger partial charge in [0.25, 0.3) is 5.56 Å². The lowest BCUT2D eigenvalue weighted by Crippen LogP contribution is -2.36. The van der Waals surface area contributed by atoms with Crippen LogP contribution in [-0.2, 0) is 19.5 Å². The maximum absolute atomic E-state index is 12.3. The van der Waals surface area contributed by atoms with E-state index in [0.29, 0.717) is 0 Å². The first-order valence-corrected chi connectivity index (χ1v) is 6.76. The summed E-state index contributed by atoms with van der Waals surface area (Å²) in [5.41, 5.74) is 1.97. The van der Waals surface area contributed by atoms with Crippen LogP contribution in [0.5, 0.6) is 0 Å². The second-order valence-electron chi connectivity index (χ2n) is 4.62. The maximum Gasteiger partial charge on any atom is 0.256 e. The molecule has 0 unspecified atom stereocenters. The van der Waals surface area contributed by atoms with Gasteiger partial charge < -0.3 is 10.2 Å². The molecular formula is C13H22N4O. The van der Waals surface area contributed by atoms with Crippen molar-refractivity contribution < 1.29 is 0 Å². The second-order valence-corrected chi connectivity index (χ2v) is 4.62. The van der Waals surface area contributed by atoms with Gasteiger partial charge in [0.2, 0.25) is 0 Å². The number of hydrogen-bond donors (Lipinski definition) is 1. The fourth-order valence-corrected chi connectivity index (χ4v) is 2.34. The van der Waals surface area contributed by atoms with Gasteiger partial charge in [-0.1, -0.05) is 13.8 Å². The van der Waals surface area contributed by atoms with Crippen LogP contribution in [0.25, 0.3) is 0 Å². The molecular weight excluding hydrogens is 228 g/mol. The predicted molar refractivity (Wildman–Crippen MR) is 71.7 cm³/mol. The van der Waals surface area contributed by atoms with E-state index in [1.807, 2.05) is 0 Å². The third-order valence-corrected chi connectivity index (χ3v) is 3.62. The van der Waals surface area contributed by atoms with Gasteiger partial charge in [-0.3, -0.25) is 9.36 Å². The topological polar surface area (TPSA) is 50.2 Å². The SMILES string of the molecule is CCN(CC)CCn1cnc2c(c1=O)CCNC2. The van der Waals surface area contributed by atoms with Crippen LogP contribution in [0.1, 0.15) is 25.1 Å². The molecule has 0 fully saturated rings. The number of aromatic nitrogens is 2. The van der Waals surface area contributed by atoms with E-state index in [1.54, 1.807) is 10.9 Å². The fraction of sp³-hybridized carbons (Fsp3) is 0.692. The summed E-state index contributed by atoms with van der Waals surface area (Å²) in [6, 6.07) is 0. The zero-order valence-electron chi connectivity index (χ0n) is 11.3. The summed E-state index contributed by atoms with van der Waals surface area (Å²) in [4.78, 5) is 19.0. The number of rotatable bonds is 5. The Kier molecular flexibility index (Phi) is 4.49. The Morgan fingerprint density at radius 1 is 1.44 bits per heavy atom. The highest BCUT2D eigenvalue weighted by molar-refractivity contribution is 5.19. The fourth-order valence-electron chi connectivity index (χ4n) is 2.34. The molecule has 2 rings (SSSR count). The van der Waals surface area contributed by atoms with Crippen LogP contribution in [0.3, 0.4) is 0 Å². The Morgan fingerprint density at radius 3 is 2.94 bits per heavy atom. The van der Waals surface area contributed by atoms with Gasteiger partial charge in [-0.15, -0.1) is 0 Å². The molecule has 18 heavy (non-hydrogen) atoms. The van der Waals surface area contributed by atoms with Gasteiger partial charge in [-0.05, 0) is 26.1 Å². The van der Waals surface area contributed by atoms with E-state index in [9.17, 15) is 4.79 Å². The van der Waals surface area contributed by atoms with E-state index in [4.69, 9.17) is 0 Å². The average Bonchev–Trinajstić information content (AvgIpc) is 2.42. The Bertz CT molecular complexity index is 451. The first-order chi connectivity index (χ1) is 8.76. The number of nitrogens with one attached hydrogen (secondary N) is 1.